The third kappa shape index (κ3) is 5.16. The number of ether oxygens (including phenoxy) is 3. The standard InChI is InChI=1S/C18H23N3O7/c1-10-13(16(23)26-4)15(14(11(2)20-10)17(24)27-5)18(25)28-9-12(22)21(3)8-6-7-19/h13,15H,6,8-9H2,1-5H3/t13?,15-/m0/s1. The summed E-state index contributed by atoms with van der Waals surface area (Å²) in [6.07, 6.45) is 0.132. The highest BCUT2D eigenvalue weighted by Gasteiger charge is 2.46. The number of nitrogens with zero attached hydrogens (tertiary/aromatic N) is 3. The van der Waals surface area contributed by atoms with Gasteiger partial charge in [0, 0.05) is 25.0 Å². The molecule has 1 rings (SSSR count). The Balaban J connectivity index is 3.12. The Morgan fingerprint density at radius 2 is 1.75 bits per heavy atom. The molecule has 1 aliphatic rings. The van der Waals surface area contributed by atoms with Crippen LogP contribution in [0.1, 0.15) is 20.3 Å². The molecule has 0 aromatic heterocycles. The number of carbonyl (C=O) groups is 4. The Kier molecular flexibility index (Phi) is 8.31. The van der Waals surface area contributed by atoms with Crippen molar-refractivity contribution in [3.05, 3.63) is 11.3 Å². The molecule has 152 valence electrons. The first kappa shape index (κ1) is 22.8. The molecule has 0 saturated heterocycles. The van der Waals surface area contributed by atoms with Crippen molar-refractivity contribution in [1.82, 2.24) is 4.90 Å². The Labute approximate surface area is 162 Å². The van der Waals surface area contributed by atoms with E-state index >= 15 is 0 Å². The molecule has 1 unspecified atom stereocenters. The average molecular weight is 393 g/mol. The van der Waals surface area contributed by atoms with Gasteiger partial charge in [-0.3, -0.25) is 19.4 Å². The van der Waals surface area contributed by atoms with Gasteiger partial charge in [0.15, 0.2) is 6.61 Å². The normalized spacial score (nSPS) is 18.5. The smallest absolute Gasteiger partial charge is 0.336 e. The molecule has 0 aromatic carbocycles. The predicted octanol–water partition coefficient (Wildman–Crippen LogP) is 0.229. The number of nitriles is 1. The molecular weight excluding hydrogens is 370 g/mol. The fourth-order valence-electron chi connectivity index (χ4n) is 2.77. The van der Waals surface area contributed by atoms with Crippen LogP contribution in [-0.2, 0) is 33.4 Å². The van der Waals surface area contributed by atoms with Crippen molar-refractivity contribution in [2.75, 3.05) is 34.4 Å². The van der Waals surface area contributed by atoms with Crippen molar-refractivity contribution in [1.29, 1.82) is 5.26 Å². The topological polar surface area (TPSA) is 135 Å². The molecule has 0 bridgehead atoms. The fraction of sp³-hybridized carbons (Fsp3) is 0.556. The lowest BCUT2D eigenvalue weighted by molar-refractivity contribution is -0.159. The van der Waals surface area contributed by atoms with E-state index in [1.807, 2.05) is 6.07 Å². The molecule has 0 aromatic rings. The van der Waals surface area contributed by atoms with E-state index in [0.717, 1.165) is 14.2 Å². The van der Waals surface area contributed by atoms with Crippen LogP contribution < -0.4 is 0 Å². The van der Waals surface area contributed by atoms with Crippen LogP contribution in [0.25, 0.3) is 0 Å². The van der Waals surface area contributed by atoms with Gasteiger partial charge in [-0.1, -0.05) is 0 Å². The van der Waals surface area contributed by atoms with E-state index in [-0.39, 0.29) is 29.9 Å². The summed E-state index contributed by atoms with van der Waals surface area (Å²) in [6.45, 7) is 2.61. The summed E-state index contributed by atoms with van der Waals surface area (Å²) in [5.74, 6) is -5.61. The van der Waals surface area contributed by atoms with E-state index < -0.39 is 42.3 Å². The lowest BCUT2D eigenvalue weighted by Crippen LogP contribution is -2.43. The zero-order valence-corrected chi connectivity index (χ0v) is 16.5. The molecule has 28 heavy (non-hydrogen) atoms. The summed E-state index contributed by atoms with van der Waals surface area (Å²) in [6, 6.07) is 1.91. The maximum atomic E-state index is 12.7. The summed E-state index contributed by atoms with van der Waals surface area (Å²) in [5.41, 5.74) is 0.360. The quantitative estimate of drug-likeness (QED) is 0.443. The molecule has 2 atom stereocenters. The first-order chi connectivity index (χ1) is 13.2. The molecule has 0 spiro atoms. The largest absolute Gasteiger partial charge is 0.468 e. The maximum Gasteiger partial charge on any atom is 0.336 e. The van der Waals surface area contributed by atoms with Crippen LogP contribution in [-0.4, -0.2) is 68.8 Å². The second-order valence-electron chi connectivity index (χ2n) is 6.05. The third-order valence-electron chi connectivity index (χ3n) is 4.27. The van der Waals surface area contributed by atoms with Crippen molar-refractivity contribution in [3.63, 3.8) is 0 Å². The number of carbonyl (C=O) groups excluding carboxylic acids is 4. The molecule has 10 nitrogen and oxygen atoms in total. The van der Waals surface area contributed by atoms with E-state index in [1.54, 1.807) is 0 Å². The first-order valence-electron chi connectivity index (χ1n) is 8.39. The molecule has 1 aliphatic heterocycles. The number of likely N-dealkylation sites (N-methyl/N-ethyl adjacent to an activating group) is 1. The molecule has 0 radical (unpaired) electrons. The van der Waals surface area contributed by atoms with Crippen LogP contribution in [0, 0.1) is 23.2 Å². The Morgan fingerprint density at radius 1 is 1.11 bits per heavy atom. The van der Waals surface area contributed by atoms with Gasteiger partial charge in [0.05, 0.1) is 32.3 Å². The number of methoxy groups -OCH3 is 2. The van der Waals surface area contributed by atoms with Crippen LogP contribution >= 0.6 is 0 Å². The summed E-state index contributed by atoms with van der Waals surface area (Å²) in [5, 5.41) is 8.57. The lowest BCUT2D eigenvalue weighted by Gasteiger charge is -2.29. The number of amides is 1. The second kappa shape index (κ2) is 10.2. The number of hydrogen-bond acceptors (Lipinski definition) is 9. The second-order valence-corrected chi connectivity index (χ2v) is 6.05. The summed E-state index contributed by atoms with van der Waals surface area (Å²) < 4.78 is 14.5. The Bertz CT molecular complexity index is 764. The number of esters is 3. The Hall–Kier alpha value is -3.22. The number of aliphatic imine (C=N–C) groups is 1. The van der Waals surface area contributed by atoms with Crippen molar-refractivity contribution < 1.29 is 33.4 Å². The van der Waals surface area contributed by atoms with Crippen LogP contribution in [0.15, 0.2) is 16.3 Å². The Morgan fingerprint density at radius 3 is 2.29 bits per heavy atom. The van der Waals surface area contributed by atoms with E-state index in [2.05, 4.69) is 4.99 Å². The van der Waals surface area contributed by atoms with E-state index in [9.17, 15) is 19.2 Å². The SMILES string of the molecule is COC(=O)C1=C(C)N=C(C)C(C(=O)OC)[C@@H]1C(=O)OCC(=O)N(C)CCC#N. The summed E-state index contributed by atoms with van der Waals surface area (Å²) >= 11 is 0. The van der Waals surface area contributed by atoms with Gasteiger partial charge in [-0.15, -0.1) is 0 Å². The van der Waals surface area contributed by atoms with Crippen molar-refractivity contribution >= 4 is 29.5 Å². The predicted molar refractivity (Wildman–Crippen MR) is 95.6 cm³/mol. The molecule has 0 saturated carbocycles. The van der Waals surface area contributed by atoms with E-state index in [1.165, 1.54) is 25.8 Å². The molecule has 1 amide bonds. The minimum absolute atomic E-state index is 0.126. The van der Waals surface area contributed by atoms with Gasteiger partial charge < -0.3 is 19.1 Å². The van der Waals surface area contributed by atoms with E-state index in [4.69, 9.17) is 19.5 Å². The van der Waals surface area contributed by atoms with Gasteiger partial charge in [-0.2, -0.15) is 5.26 Å². The van der Waals surface area contributed by atoms with Crippen LogP contribution in [0.5, 0.6) is 0 Å². The minimum atomic E-state index is -1.35. The van der Waals surface area contributed by atoms with Gasteiger partial charge in [0.1, 0.15) is 11.8 Å². The molecule has 0 N–H and O–H groups in total. The molecule has 1 heterocycles. The monoisotopic (exact) mass is 393 g/mol. The van der Waals surface area contributed by atoms with Crippen molar-refractivity contribution in [3.8, 4) is 6.07 Å². The van der Waals surface area contributed by atoms with Gasteiger partial charge in [-0.05, 0) is 13.8 Å². The van der Waals surface area contributed by atoms with Crippen molar-refractivity contribution in [2.24, 2.45) is 16.8 Å². The highest BCUT2D eigenvalue weighted by molar-refractivity contribution is 6.10. The van der Waals surface area contributed by atoms with Gasteiger partial charge in [0.25, 0.3) is 5.91 Å². The van der Waals surface area contributed by atoms with Crippen LogP contribution in [0.3, 0.4) is 0 Å². The summed E-state index contributed by atoms with van der Waals surface area (Å²) in [4.78, 5) is 54.6. The fourth-order valence-corrected chi connectivity index (χ4v) is 2.77. The lowest BCUT2D eigenvalue weighted by atomic mass is 9.80. The number of rotatable bonds is 7. The first-order valence-corrected chi connectivity index (χ1v) is 8.39. The zero-order chi connectivity index (χ0) is 21.4. The van der Waals surface area contributed by atoms with Crippen LogP contribution in [0.2, 0.25) is 0 Å². The minimum Gasteiger partial charge on any atom is -0.468 e. The molecule has 0 aliphatic carbocycles. The summed E-state index contributed by atoms with van der Waals surface area (Å²) in [7, 11) is 3.75. The zero-order valence-electron chi connectivity index (χ0n) is 16.5. The van der Waals surface area contributed by atoms with E-state index in [0.29, 0.717) is 0 Å². The maximum absolute atomic E-state index is 12.7. The van der Waals surface area contributed by atoms with Gasteiger partial charge in [0.2, 0.25) is 0 Å². The van der Waals surface area contributed by atoms with Gasteiger partial charge in [-0.25, -0.2) is 4.79 Å². The average Bonchev–Trinajstić information content (AvgIpc) is 2.67. The van der Waals surface area contributed by atoms with Gasteiger partial charge >= 0.3 is 17.9 Å². The molecular formula is C18H23N3O7. The number of hydrogen-bond donors (Lipinski definition) is 0. The molecule has 10 heteroatoms. The van der Waals surface area contributed by atoms with Crippen LogP contribution in [0.4, 0.5) is 0 Å². The number of allylic oxidation sites excluding steroid dienone is 1. The third-order valence-corrected chi connectivity index (χ3v) is 4.27. The highest BCUT2D eigenvalue weighted by atomic mass is 16.5. The molecule has 0 fully saturated rings. The van der Waals surface area contributed by atoms with Crippen molar-refractivity contribution in [2.45, 2.75) is 20.3 Å². The highest BCUT2D eigenvalue weighted by Crippen LogP contribution is 2.33.